The van der Waals surface area contributed by atoms with Gasteiger partial charge in [0.05, 0.1) is 11.1 Å². The van der Waals surface area contributed by atoms with E-state index in [4.69, 9.17) is 4.74 Å². The summed E-state index contributed by atoms with van der Waals surface area (Å²) in [6, 6.07) is 10.7. The average molecular weight is 351 g/mol. The van der Waals surface area contributed by atoms with E-state index in [0.717, 1.165) is 16.7 Å². The van der Waals surface area contributed by atoms with Crippen LogP contribution >= 0.6 is 0 Å². The molecule has 1 aliphatic heterocycles. The van der Waals surface area contributed by atoms with E-state index < -0.39 is 0 Å². The fourth-order valence-corrected chi connectivity index (χ4v) is 3.32. The minimum Gasteiger partial charge on any atom is -0.426 e. The molecule has 1 heterocycles. The SMILES string of the molecule is Cc1cc(C)c(OC(=O)CCCN2C(=O)c3ccccc3C2=O)c(C)c1. The van der Waals surface area contributed by atoms with Crippen LogP contribution in [0.1, 0.15) is 50.2 Å². The van der Waals surface area contributed by atoms with Crippen LogP contribution in [0, 0.1) is 20.8 Å². The number of rotatable bonds is 5. The third-order valence-corrected chi connectivity index (χ3v) is 4.46. The summed E-state index contributed by atoms with van der Waals surface area (Å²) in [5.74, 6) is -0.383. The summed E-state index contributed by atoms with van der Waals surface area (Å²) in [5.41, 5.74) is 3.79. The molecule has 0 saturated carbocycles. The molecule has 2 aromatic rings. The van der Waals surface area contributed by atoms with Crippen molar-refractivity contribution in [2.45, 2.75) is 33.6 Å². The zero-order valence-electron chi connectivity index (χ0n) is 15.2. The maximum atomic E-state index is 12.3. The van der Waals surface area contributed by atoms with Crippen LogP contribution in [0.2, 0.25) is 0 Å². The Hall–Kier alpha value is -2.95. The van der Waals surface area contributed by atoms with Gasteiger partial charge in [0.2, 0.25) is 0 Å². The van der Waals surface area contributed by atoms with Gasteiger partial charge in [-0.25, -0.2) is 0 Å². The number of carbonyl (C=O) groups excluding carboxylic acids is 3. The van der Waals surface area contributed by atoms with Crippen molar-refractivity contribution in [2.24, 2.45) is 0 Å². The maximum Gasteiger partial charge on any atom is 0.311 e. The number of fused-ring (bicyclic) bond motifs is 1. The lowest BCUT2D eigenvalue weighted by Gasteiger charge is -2.14. The largest absolute Gasteiger partial charge is 0.426 e. The summed E-state index contributed by atoms with van der Waals surface area (Å²) < 4.78 is 5.48. The molecule has 1 aliphatic rings. The Bertz CT molecular complexity index is 843. The summed E-state index contributed by atoms with van der Waals surface area (Å²) in [5, 5.41) is 0. The van der Waals surface area contributed by atoms with Gasteiger partial charge < -0.3 is 4.74 Å². The van der Waals surface area contributed by atoms with Gasteiger partial charge in [0.1, 0.15) is 5.75 Å². The fraction of sp³-hybridized carbons (Fsp3) is 0.286. The van der Waals surface area contributed by atoms with E-state index in [1.54, 1.807) is 24.3 Å². The third-order valence-electron chi connectivity index (χ3n) is 4.46. The number of nitrogens with zero attached hydrogens (tertiary/aromatic N) is 1. The molecule has 2 amide bonds. The normalized spacial score (nSPS) is 13.1. The first kappa shape index (κ1) is 17.9. The molecule has 0 N–H and O–H groups in total. The zero-order chi connectivity index (χ0) is 18.8. The molecule has 0 atom stereocenters. The van der Waals surface area contributed by atoms with Gasteiger partial charge in [-0.1, -0.05) is 29.8 Å². The second-order valence-corrected chi connectivity index (χ2v) is 6.61. The van der Waals surface area contributed by atoms with Crippen molar-refractivity contribution in [1.29, 1.82) is 0 Å². The van der Waals surface area contributed by atoms with Gasteiger partial charge in [-0.05, 0) is 50.5 Å². The van der Waals surface area contributed by atoms with E-state index in [1.807, 2.05) is 32.9 Å². The van der Waals surface area contributed by atoms with Crippen LogP contribution in [0.3, 0.4) is 0 Å². The molecule has 0 fully saturated rings. The topological polar surface area (TPSA) is 63.7 Å². The molecular weight excluding hydrogens is 330 g/mol. The summed E-state index contributed by atoms with van der Waals surface area (Å²) >= 11 is 0. The molecule has 0 aromatic heterocycles. The van der Waals surface area contributed by atoms with Crippen molar-refractivity contribution in [3.05, 3.63) is 64.2 Å². The number of esters is 1. The first-order valence-electron chi connectivity index (χ1n) is 8.62. The van der Waals surface area contributed by atoms with Crippen molar-refractivity contribution < 1.29 is 19.1 Å². The Kier molecular flexibility index (Phi) is 4.89. The van der Waals surface area contributed by atoms with Gasteiger partial charge in [0.25, 0.3) is 11.8 Å². The fourth-order valence-electron chi connectivity index (χ4n) is 3.32. The lowest BCUT2D eigenvalue weighted by Crippen LogP contribution is -2.31. The summed E-state index contributed by atoms with van der Waals surface area (Å²) in [6.07, 6.45) is 0.508. The average Bonchev–Trinajstić information content (AvgIpc) is 2.83. The second kappa shape index (κ2) is 7.12. The summed E-state index contributed by atoms with van der Waals surface area (Å²) in [4.78, 5) is 37.9. The highest BCUT2D eigenvalue weighted by atomic mass is 16.5. The molecule has 5 heteroatoms. The molecule has 3 rings (SSSR count). The van der Waals surface area contributed by atoms with Crippen molar-refractivity contribution in [3.8, 4) is 5.75 Å². The number of carbonyl (C=O) groups is 3. The zero-order valence-corrected chi connectivity index (χ0v) is 15.2. The Morgan fingerprint density at radius 3 is 2.04 bits per heavy atom. The van der Waals surface area contributed by atoms with Crippen LogP contribution in [0.25, 0.3) is 0 Å². The molecule has 0 bridgehead atoms. The molecule has 5 nitrogen and oxygen atoms in total. The van der Waals surface area contributed by atoms with Crippen LogP contribution in [0.4, 0.5) is 0 Å². The number of ether oxygens (including phenoxy) is 1. The van der Waals surface area contributed by atoms with Gasteiger partial charge >= 0.3 is 5.97 Å². The predicted molar refractivity (Wildman–Crippen MR) is 97.3 cm³/mol. The first-order valence-corrected chi connectivity index (χ1v) is 8.62. The van der Waals surface area contributed by atoms with Crippen LogP contribution in [0.5, 0.6) is 5.75 Å². The van der Waals surface area contributed by atoms with E-state index in [0.29, 0.717) is 23.3 Å². The van der Waals surface area contributed by atoms with Crippen LogP contribution < -0.4 is 4.74 Å². The minimum absolute atomic E-state index is 0.139. The number of hydrogen-bond donors (Lipinski definition) is 0. The third kappa shape index (κ3) is 3.38. The van der Waals surface area contributed by atoms with Crippen molar-refractivity contribution in [2.75, 3.05) is 6.54 Å². The van der Waals surface area contributed by atoms with E-state index in [-0.39, 0.29) is 30.7 Å². The number of benzene rings is 2. The molecule has 0 unspecified atom stereocenters. The Morgan fingerprint density at radius 2 is 1.50 bits per heavy atom. The van der Waals surface area contributed by atoms with E-state index in [2.05, 4.69) is 0 Å². The lowest BCUT2D eigenvalue weighted by molar-refractivity contribution is -0.134. The van der Waals surface area contributed by atoms with E-state index in [9.17, 15) is 14.4 Å². The quantitative estimate of drug-likeness (QED) is 0.469. The Labute approximate surface area is 152 Å². The van der Waals surface area contributed by atoms with Crippen molar-refractivity contribution in [3.63, 3.8) is 0 Å². The molecular formula is C21H21NO4. The Balaban J connectivity index is 1.57. The molecule has 0 saturated heterocycles. The van der Waals surface area contributed by atoms with Gasteiger partial charge in [0, 0.05) is 13.0 Å². The van der Waals surface area contributed by atoms with Crippen LogP contribution in [0.15, 0.2) is 36.4 Å². The minimum atomic E-state index is -0.364. The van der Waals surface area contributed by atoms with E-state index >= 15 is 0 Å². The van der Waals surface area contributed by atoms with Gasteiger partial charge in [-0.2, -0.15) is 0 Å². The highest BCUT2D eigenvalue weighted by Crippen LogP contribution is 2.26. The molecule has 0 aliphatic carbocycles. The summed E-state index contributed by atoms with van der Waals surface area (Å²) in [7, 11) is 0. The van der Waals surface area contributed by atoms with Crippen LogP contribution in [-0.2, 0) is 4.79 Å². The van der Waals surface area contributed by atoms with Crippen molar-refractivity contribution >= 4 is 17.8 Å². The number of hydrogen-bond acceptors (Lipinski definition) is 4. The highest BCUT2D eigenvalue weighted by Gasteiger charge is 2.34. The maximum absolute atomic E-state index is 12.3. The number of imide groups is 1. The second-order valence-electron chi connectivity index (χ2n) is 6.61. The molecule has 0 radical (unpaired) electrons. The van der Waals surface area contributed by atoms with Crippen LogP contribution in [-0.4, -0.2) is 29.2 Å². The highest BCUT2D eigenvalue weighted by molar-refractivity contribution is 6.21. The predicted octanol–water partition coefficient (Wildman–Crippen LogP) is 3.59. The smallest absolute Gasteiger partial charge is 0.311 e. The molecule has 26 heavy (non-hydrogen) atoms. The standard InChI is InChI=1S/C21H21NO4/c1-13-11-14(2)19(15(3)12-13)26-18(23)9-6-10-22-20(24)16-7-4-5-8-17(16)21(22)25/h4-5,7-8,11-12H,6,9-10H2,1-3H3. The van der Waals surface area contributed by atoms with E-state index in [1.165, 1.54) is 4.90 Å². The molecule has 0 spiro atoms. The Morgan fingerprint density at radius 1 is 0.962 bits per heavy atom. The van der Waals surface area contributed by atoms with Gasteiger partial charge in [0.15, 0.2) is 0 Å². The first-order chi connectivity index (χ1) is 12.4. The number of amides is 2. The summed E-state index contributed by atoms with van der Waals surface area (Å²) in [6.45, 7) is 6.00. The molecule has 134 valence electrons. The lowest BCUT2D eigenvalue weighted by atomic mass is 10.1. The number of aryl methyl sites for hydroxylation is 3. The monoisotopic (exact) mass is 351 g/mol. The van der Waals surface area contributed by atoms with Crippen molar-refractivity contribution in [1.82, 2.24) is 4.90 Å². The van der Waals surface area contributed by atoms with Gasteiger partial charge in [-0.3, -0.25) is 19.3 Å². The van der Waals surface area contributed by atoms with Gasteiger partial charge in [-0.15, -0.1) is 0 Å². The molecule has 2 aromatic carbocycles.